The van der Waals surface area contributed by atoms with Crippen molar-refractivity contribution in [3.05, 3.63) is 35.9 Å². The molecule has 216 valence electrons. The monoisotopic (exact) mass is 539 g/mol. The second-order valence-corrected chi connectivity index (χ2v) is 12.6. The number of allylic oxidation sites excluding steroid dienone is 2. The molecule has 1 aromatic carbocycles. The zero-order valence-electron chi connectivity index (χ0n) is 24.5. The van der Waals surface area contributed by atoms with Crippen LogP contribution in [0.3, 0.4) is 0 Å². The lowest BCUT2D eigenvalue weighted by atomic mass is 9.86. The summed E-state index contributed by atoms with van der Waals surface area (Å²) in [4.78, 5) is 29.2. The van der Waals surface area contributed by atoms with E-state index in [9.17, 15) is 9.59 Å². The Morgan fingerprint density at radius 2 is 1.74 bits per heavy atom. The molecular weight excluding hydrogens is 490 g/mol. The summed E-state index contributed by atoms with van der Waals surface area (Å²) in [6.07, 6.45) is 9.25. The van der Waals surface area contributed by atoms with Crippen LogP contribution in [-0.2, 0) is 9.53 Å². The Bertz CT molecular complexity index is 972. The zero-order chi connectivity index (χ0) is 27.8. The first kappa shape index (κ1) is 29.4. The highest BCUT2D eigenvalue weighted by atomic mass is 16.6. The van der Waals surface area contributed by atoms with Crippen LogP contribution in [0.4, 0.5) is 4.79 Å². The maximum atomic E-state index is 12.7. The predicted molar refractivity (Wildman–Crippen MR) is 156 cm³/mol. The summed E-state index contributed by atoms with van der Waals surface area (Å²) in [5.41, 5.74) is 2.07. The molecule has 39 heavy (non-hydrogen) atoms. The van der Waals surface area contributed by atoms with Crippen molar-refractivity contribution in [2.75, 3.05) is 45.9 Å². The zero-order valence-corrected chi connectivity index (χ0v) is 24.5. The number of benzene rings is 1. The van der Waals surface area contributed by atoms with E-state index in [1.807, 2.05) is 32.9 Å². The molecular formula is C32H49N3O4. The molecule has 2 amide bonds. The highest BCUT2D eigenvalue weighted by Crippen LogP contribution is 2.32. The average Bonchev–Trinajstić information content (AvgIpc) is 3.75. The van der Waals surface area contributed by atoms with Crippen molar-refractivity contribution in [3.63, 3.8) is 0 Å². The Labute approximate surface area is 235 Å². The molecule has 1 aliphatic heterocycles. The maximum absolute atomic E-state index is 12.7. The average molecular weight is 540 g/mol. The molecule has 0 bridgehead atoms. The fourth-order valence-corrected chi connectivity index (χ4v) is 5.45. The number of rotatable bonds is 11. The van der Waals surface area contributed by atoms with Crippen LogP contribution in [-0.4, -0.2) is 73.3 Å². The van der Waals surface area contributed by atoms with E-state index in [2.05, 4.69) is 35.3 Å². The van der Waals surface area contributed by atoms with E-state index < -0.39 is 5.60 Å². The minimum atomic E-state index is -0.460. The van der Waals surface area contributed by atoms with Crippen LogP contribution in [0.5, 0.6) is 5.75 Å². The minimum Gasteiger partial charge on any atom is -0.493 e. The van der Waals surface area contributed by atoms with E-state index >= 15 is 0 Å². The quantitative estimate of drug-likeness (QED) is 0.388. The predicted octanol–water partition coefficient (Wildman–Crippen LogP) is 5.74. The third-order valence-corrected chi connectivity index (χ3v) is 8.15. The molecule has 1 saturated carbocycles. The van der Waals surface area contributed by atoms with Gasteiger partial charge in [0.25, 0.3) is 0 Å². The normalized spacial score (nSPS) is 20.5. The molecule has 7 heteroatoms. The summed E-state index contributed by atoms with van der Waals surface area (Å²) < 4.78 is 11.6. The number of carbonyl (C=O) groups excluding carboxylic acids is 2. The number of piperidine rings is 1. The molecule has 7 nitrogen and oxygen atoms in total. The molecule has 1 unspecified atom stereocenters. The van der Waals surface area contributed by atoms with E-state index in [0.29, 0.717) is 25.6 Å². The molecule has 2 fully saturated rings. The van der Waals surface area contributed by atoms with Gasteiger partial charge in [0.1, 0.15) is 11.4 Å². The molecule has 1 atom stereocenters. The van der Waals surface area contributed by atoms with Gasteiger partial charge in [-0.3, -0.25) is 4.79 Å². The third-order valence-electron chi connectivity index (χ3n) is 8.15. The summed E-state index contributed by atoms with van der Waals surface area (Å²) >= 11 is 0. The van der Waals surface area contributed by atoms with Gasteiger partial charge in [-0.05, 0) is 107 Å². The van der Waals surface area contributed by atoms with Gasteiger partial charge in [0.05, 0.1) is 6.61 Å². The van der Waals surface area contributed by atoms with E-state index in [4.69, 9.17) is 9.47 Å². The number of ether oxygens (including phenoxy) is 2. The smallest absolute Gasteiger partial charge is 0.410 e. The summed E-state index contributed by atoms with van der Waals surface area (Å²) in [6.45, 7) is 13.9. The Balaban J connectivity index is 1.14. The van der Waals surface area contributed by atoms with Crippen LogP contribution in [0.1, 0.15) is 78.2 Å². The molecule has 1 aromatic rings. The van der Waals surface area contributed by atoms with Gasteiger partial charge in [0.15, 0.2) is 0 Å². The number of hydrogen-bond acceptors (Lipinski definition) is 5. The number of likely N-dealkylation sites (tertiary alicyclic amines) is 1. The van der Waals surface area contributed by atoms with Crippen molar-refractivity contribution in [3.8, 4) is 5.75 Å². The van der Waals surface area contributed by atoms with Crippen LogP contribution in [0.15, 0.2) is 30.3 Å². The summed E-state index contributed by atoms with van der Waals surface area (Å²) in [5, 5.41) is 3.18. The van der Waals surface area contributed by atoms with Crippen molar-refractivity contribution < 1.29 is 19.1 Å². The topological polar surface area (TPSA) is 71.1 Å². The van der Waals surface area contributed by atoms with Gasteiger partial charge in [0, 0.05) is 38.6 Å². The number of amides is 2. The second kappa shape index (κ2) is 13.7. The standard InChI is InChI=1S/C32H49N3O4/c1-5-34(22-24-6-7-24)21-18-33-30(36)28-10-8-26(9-11-28)27-12-14-29(15-13-27)38-23-25-16-19-35(20-17-25)31(37)39-32(2,3)4/h8,12-15,24-25,28H,5-7,9-11,16-23H2,1-4H3,(H,33,36). The fourth-order valence-electron chi connectivity index (χ4n) is 5.45. The lowest BCUT2D eigenvalue weighted by Gasteiger charge is -2.33. The molecule has 1 heterocycles. The van der Waals surface area contributed by atoms with E-state index in [1.165, 1.54) is 30.5 Å². The Morgan fingerprint density at radius 3 is 2.33 bits per heavy atom. The minimum absolute atomic E-state index is 0.0802. The van der Waals surface area contributed by atoms with Crippen LogP contribution >= 0.6 is 0 Å². The molecule has 2 aliphatic carbocycles. The molecule has 1 N–H and O–H groups in total. The van der Waals surface area contributed by atoms with E-state index in [0.717, 1.165) is 63.4 Å². The first-order chi connectivity index (χ1) is 18.7. The van der Waals surface area contributed by atoms with Gasteiger partial charge in [-0.1, -0.05) is 25.1 Å². The van der Waals surface area contributed by atoms with Crippen molar-refractivity contribution in [2.24, 2.45) is 17.8 Å². The lowest BCUT2D eigenvalue weighted by molar-refractivity contribution is -0.125. The number of hydrogen-bond donors (Lipinski definition) is 1. The van der Waals surface area contributed by atoms with Crippen molar-refractivity contribution in [1.29, 1.82) is 0 Å². The lowest BCUT2D eigenvalue weighted by Crippen LogP contribution is -2.42. The third kappa shape index (κ3) is 9.55. The van der Waals surface area contributed by atoms with Gasteiger partial charge in [-0.2, -0.15) is 0 Å². The first-order valence-electron chi connectivity index (χ1n) is 15.1. The van der Waals surface area contributed by atoms with Crippen molar-refractivity contribution in [2.45, 2.75) is 78.2 Å². The summed E-state index contributed by atoms with van der Waals surface area (Å²) in [5.74, 6) is 2.49. The van der Waals surface area contributed by atoms with Gasteiger partial charge in [0.2, 0.25) is 5.91 Å². The van der Waals surface area contributed by atoms with Crippen molar-refractivity contribution in [1.82, 2.24) is 15.1 Å². The molecule has 1 saturated heterocycles. The van der Waals surface area contributed by atoms with Gasteiger partial charge >= 0.3 is 6.09 Å². The number of carbonyl (C=O) groups is 2. The molecule has 0 radical (unpaired) electrons. The van der Waals surface area contributed by atoms with Crippen LogP contribution in [0, 0.1) is 17.8 Å². The Morgan fingerprint density at radius 1 is 1.03 bits per heavy atom. The summed E-state index contributed by atoms with van der Waals surface area (Å²) in [6, 6.07) is 8.36. The number of likely N-dealkylation sites (N-methyl/N-ethyl adjacent to an activating group) is 1. The van der Waals surface area contributed by atoms with Gasteiger partial charge in [-0.25, -0.2) is 4.79 Å². The molecule has 0 spiro atoms. The maximum Gasteiger partial charge on any atom is 0.410 e. The second-order valence-electron chi connectivity index (χ2n) is 12.6. The highest BCUT2D eigenvalue weighted by Gasteiger charge is 2.27. The molecule has 4 rings (SSSR count). The Kier molecular flexibility index (Phi) is 10.3. The molecule has 0 aromatic heterocycles. The van der Waals surface area contributed by atoms with Crippen LogP contribution < -0.4 is 10.1 Å². The Hall–Kier alpha value is -2.54. The summed E-state index contributed by atoms with van der Waals surface area (Å²) in [7, 11) is 0. The van der Waals surface area contributed by atoms with Gasteiger partial charge in [-0.15, -0.1) is 0 Å². The van der Waals surface area contributed by atoms with E-state index in [-0.39, 0.29) is 17.9 Å². The van der Waals surface area contributed by atoms with Crippen LogP contribution in [0.25, 0.3) is 5.57 Å². The number of nitrogens with one attached hydrogen (secondary N) is 1. The van der Waals surface area contributed by atoms with Gasteiger partial charge < -0.3 is 24.6 Å². The largest absolute Gasteiger partial charge is 0.493 e. The fraction of sp³-hybridized carbons (Fsp3) is 0.688. The SMILES string of the molecule is CCN(CCNC(=O)C1CC=C(c2ccc(OCC3CCN(C(=O)OC(C)(C)C)CC3)cc2)CC1)CC1CC1. The number of nitrogens with zero attached hydrogens (tertiary/aromatic N) is 2. The first-order valence-corrected chi connectivity index (χ1v) is 15.1. The van der Waals surface area contributed by atoms with Crippen molar-refractivity contribution >= 4 is 17.6 Å². The van der Waals surface area contributed by atoms with Crippen LogP contribution in [0.2, 0.25) is 0 Å². The highest BCUT2D eigenvalue weighted by molar-refractivity contribution is 5.80. The van der Waals surface area contributed by atoms with E-state index in [1.54, 1.807) is 4.90 Å². The molecule has 3 aliphatic rings.